The topological polar surface area (TPSA) is 65.2 Å². The fourth-order valence-corrected chi connectivity index (χ4v) is 3.36. The van der Waals surface area contributed by atoms with Crippen molar-refractivity contribution in [3.8, 4) is 17.1 Å². The monoisotopic (exact) mass is 348 g/mol. The zero-order chi connectivity index (χ0) is 16.1. The Morgan fingerprint density at radius 1 is 1.26 bits per heavy atom. The average Bonchev–Trinajstić information content (AvgIpc) is 3.20. The molecule has 0 saturated heterocycles. The van der Waals surface area contributed by atoms with E-state index in [0.717, 1.165) is 11.3 Å². The predicted molar refractivity (Wildman–Crippen MR) is 91.0 cm³/mol. The van der Waals surface area contributed by atoms with Gasteiger partial charge in [-0.15, -0.1) is 0 Å². The minimum atomic E-state index is -1.10. The summed E-state index contributed by atoms with van der Waals surface area (Å²) in [5, 5.41) is 7.80. The van der Waals surface area contributed by atoms with E-state index in [1.54, 1.807) is 11.3 Å². The minimum Gasteiger partial charge on any atom is -0.493 e. The van der Waals surface area contributed by atoms with E-state index in [1.165, 1.54) is 5.56 Å². The maximum absolute atomic E-state index is 12.1. The molecule has 0 aliphatic carbocycles. The number of nitrogens with zero attached hydrogens (tertiary/aromatic N) is 2. The summed E-state index contributed by atoms with van der Waals surface area (Å²) in [5.41, 5.74) is 2.09. The number of benzene rings is 1. The smallest absolute Gasteiger partial charge is 0.239 e. The lowest BCUT2D eigenvalue weighted by Gasteiger charge is -2.05. The van der Waals surface area contributed by atoms with Crippen molar-refractivity contribution < 1.29 is 13.5 Å². The number of ether oxygens (including phenoxy) is 1. The van der Waals surface area contributed by atoms with E-state index in [1.807, 2.05) is 48.0 Å². The largest absolute Gasteiger partial charge is 0.493 e. The second-order valence-corrected chi connectivity index (χ2v) is 7.33. The quantitative estimate of drug-likeness (QED) is 0.654. The molecule has 1 unspecified atom stereocenters. The zero-order valence-electron chi connectivity index (χ0n) is 12.6. The number of thiophene rings is 1. The number of hydrogen-bond donors (Lipinski definition) is 0. The minimum absolute atomic E-state index is 0.244. The first kappa shape index (κ1) is 15.9. The second kappa shape index (κ2) is 7.52. The molecule has 0 amide bonds. The van der Waals surface area contributed by atoms with Crippen LogP contribution in [0.4, 0.5) is 0 Å². The van der Waals surface area contributed by atoms with E-state index in [4.69, 9.17) is 9.26 Å². The van der Waals surface area contributed by atoms with Crippen LogP contribution in [0.5, 0.6) is 5.75 Å². The first-order valence-electron chi connectivity index (χ1n) is 7.10. The van der Waals surface area contributed by atoms with Gasteiger partial charge >= 0.3 is 0 Å². The van der Waals surface area contributed by atoms with E-state index >= 15 is 0 Å². The Morgan fingerprint density at radius 3 is 2.83 bits per heavy atom. The van der Waals surface area contributed by atoms with Crippen LogP contribution < -0.4 is 4.74 Å². The summed E-state index contributed by atoms with van der Waals surface area (Å²) in [6.07, 6.45) is 0. The number of rotatable bonds is 7. The van der Waals surface area contributed by atoms with Gasteiger partial charge in [-0.1, -0.05) is 22.9 Å². The van der Waals surface area contributed by atoms with Crippen LogP contribution in [-0.4, -0.2) is 26.7 Å². The fraction of sp³-hybridized carbons (Fsp3) is 0.250. The second-order valence-electron chi connectivity index (χ2n) is 4.97. The molecule has 0 aliphatic rings. The molecule has 23 heavy (non-hydrogen) atoms. The van der Waals surface area contributed by atoms with E-state index in [2.05, 4.69) is 10.1 Å². The molecule has 0 radical (unpaired) electrons. The Bertz CT molecular complexity index is 767. The molecule has 0 saturated carbocycles. The van der Waals surface area contributed by atoms with Gasteiger partial charge in [0.25, 0.3) is 0 Å². The summed E-state index contributed by atoms with van der Waals surface area (Å²) in [5.74, 6) is 2.37. The van der Waals surface area contributed by atoms with Crippen molar-refractivity contribution in [1.29, 1.82) is 0 Å². The molecule has 2 aromatic heterocycles. The van der Waals surface area contributed by atoms with E-state index < -0.39 is 10.8 Å². The van der Waals surface area contributed by atoms with Crippen molar-refractivity contribution in [3.63, 3.8) is 0 Å². The lowest BCUT2D eigenvalue weighted by atomic mass is 10.2. The number of aryl methyl sites for hydroxylation is 1. The molecular weight excluding hydrogens is 332 g/mol. The van der Waals surface area contributed by atoms with Crippen LogP contribution >= 0.6 is 11.3 Å². The summed E-state index contributed by atoms with van der Waals surface area (Å²) in [4.78, 5) is 4.26. The molecule has 120 valence electrons. The van der Waals surface area contributed by atoms with Crippen molar-refractivity contribution in [2.24, 2.45) is 0 Å². The van der Waals surface area contributed by atoms with Crippen LogP contribution in [0.25, 0.3) is 11.4 Å². The van der Waals surface area contributed by atoms with Gasteiger partial charge in [0.05, 0.1) is 12.4 Å². The Hall–Kier alpha value is -1.99. The van der Waals surface area contributed by atoms with Crippen LogP contribution in [0.1, 0.15) is 11.5 Å². The Balaban J connectivity index is 1.47. The molecule has 0 fully saturated rings. The first-order valence-corrected chi connectivity index (χ1v) is 9.53. The molecule has 7 heteroatoms. The van der Waals surface area contributed by atoms with Crippen molar-refractivity contribution in [1.82, 2.24) is 10.1 Å². The van der Waals surface area contributed by atoms with Crippen LogP contribution in [0, 0.1) is 6.92 Å². The van der Waals surface area contributed by atoms with Crippen LogP contribution in [0.15, 0.2) is 45.6 Å². The number of hydrogen-bond acceptors (Lipinski definition) is 6. The normalized spacial score (nSPS) is 12.2. The van der Waals surface area contributed by atoms with Crippen molar-refractivity contribution in [2.75, 3.05) is 12.4 Å². The molecule has 1 atom stereocenters. The van der Waals surface area contributed by atoms with Crippen molar-refractivity contribution in [2.45, 2.75) is 12.7 Å². The summed E-state index contributed by atoms with van der Waals surface area (Å²) >= 11 is 1.57. The van der Waals surface area contributed by atoms with Crippen molar-refractivity contribution >= 4 is 22.1 Å². The molecular formula is C16H16N2O3S2. The van der Waals surface area contributed by atoms with E-state index in [0.29, 0.717) is 24.1 Å². The van der Waals surface area contributed by atoms with Gasteiger partial charge in [0.15, 0.2) is 0 Å². The third-order valence-corrected chi connectivity index (χ3v) is 5.01. The first-order chi connectivity index (χ1) is 11.2. The summed E-state index contributed by atoms with van der Waals surface area (Å²) < 4.78 is 22.8. The Morgan fingerprint density at radius 2 is 2.09 bits per heavy atom. The maximum Gasteiger partial charge on any atom is 0.239 e. The highest BCUT2D eigenvalue weighted by atomic mass is 32.2. The molecule has 1 aromatic carbocycles. The standard InChI is InChI=1S/C16H16N2O3S2/c1-12-2-4-14(5-3-12)20-7-9-23(19)11-15-17-16(18-21-15)13-6-8-22-10-13/h2-6,8,10H,7,9,11H2,1H3. The summed E-state index contributed by atoms with van der Waals surface area (Å²) in [6.45, 7) is 2.41. The molecule has 0 bridgehead atoms. The molecule has 5 nitrogen and oxygen atoms in total. The van der Waals surface area contributed by atoms with Gasteiger partial charge in [-0.3, -0.25) is 4.21 Å². The molecule has 0 aliphatic heterocycles. The fourth-order valence-electron chi connectivity index (χ4n) is 1.92. The highest BCUT2D eigenvalue weighted by molar-refractivity contribution is 7.84. The van der Waals surface area contributed by atoms with Gasteiger partial charge < -0.3 is 9.26 Å². The van der Waals surface area contributed by atoms with E-state index in [9.17, 15) is 4.21 Å². The Kier molecular flexibility index (Phi) is 5.19. The number of aromatic nitrogens is 2. The molecule has 2 heterocycles. The maximum atomic E-state index is 12.1. The Labute approximate surface area is 140 Å². The highest BCUT2D eigenvalue weighted by Gasteiger charge is 2.12. The van der Waals surface area contributed by atoms with Crippen LogP contribution in [-0.2, 0) is 16.6 Å². The zero-order valence-corrected chi connectivity index (χ0v) is 14.2. The van der Waals surface area contributed by atoms with Gasteiger partial charge in [-0.2, -0.15) is 16.3 Å². The third kappa shape index (κ3) is 4.49. The molecule has 0 N–H and O–H groups in total. The van der Waals surface area contributed by atoms with Crippen LogP contribution in [0.3, 0.4) is 0 Å². The third-order valence-electron chi connectivity index (χ3n) is 3.13. The SMILES string of the molecule is Cc1ccc(OCCS(=O)Cc2nc(-c3ccsc3)no2)cc1. The van der Waals surface area contributed by atoms with Crippen LogP contribution in [0.2, 0.25) is 0 Å². The lowest BCUT2D eigenvalue weighted by Crippen LogP contribution is -2.10. The van der Waals surface area contributed by atoms with Gasteiger partial charge in [0.2, 0.25) is 11.7 Å². The van der Waals surface area contributed by atoms with E-state index in [-0.39, 0.29) is 5.75 Å². The predicted octanol–water partition coefficient (Wildman–Crippen LogP) is 3.43. The lowest BCUT2D eigenvalue weighted by molar-refractivity contribution is 0.342. The average molecular weight is 348 g/mol. The van der Waals surface area contributed by atoms with Crippen molar-refractivity contribution in [3.05, 3.63) is 52.5 Å². The van der Waals surface area contributed by atoms with Gasteiger partial charge in [0, 0.05) is 21.7 Å². The van der Waals surface area contributed by atoms with Gasteiger partial charge in [0.1, 0.15) is 11.5 Å². The van der Waals surface area contributed by atoms with Gasteiger partial charge in [-0.05, 0) is 30.5 Å². The molecule has 3 aromatic rings. The molecule has 0 spiro atoms. The van der Waals surface area contributed by atoms with Gasteiger partial charge in [-0.25, -0.2) is 0 Å². The molecule has 3 rings (SSSR count). The summed E-state index contributed by atoms with van der Waals surface area (Å²) in [6, 6.07) is 9.70. The summed E-state index contributed by atoms with van der Waals surface area (Å²) in [7, 11) is -1.10. The highest BCUT2D eigenvalue weighted by Crippen LogP contribution is 2.19.